The van der Waals surface area contributed by atoms with Gasteiger partial charge >= 0.3 is 0 Å². The van der Waals surface area contributed by atoms with Gasteiger partial charge in [-0.15, -0.1) is 0 Å². The minimum absolute atomic E-state index is 0.0750. The first-order chi connectivity index (χ1) is 14.6. The van der Waals surface area contributed by atoms with Crippen LogP contribution < -0.4 is 5.43 Å². The SMILES string of the molecule is CCc1ccc(C2c3c(oc4ccc(Cl)cc4c3=O)C(=O)N2Cc2ccco2)cc1. The molecule has 0 fully saturated rings. The Morgan fingerprint density at radius 2 is 1.87 bits per heavy atom. The second-order valence-electron chi connectivity index (χ2n) is 7.32. The van der Waals surface area contributed by atoms with E-state index in [1.807, 2.05) is 24.3 Å². The molecule has 5 rings (SSSR count). The zero-order valence-corrected chi connectivity index (χ0v) is 17.0. The van der Waals surface area contributed by atoms with E-state index in [-0.39, 0.29) is 23.6 Å². The molecule has 2 aromatic carbocycles. The number of halogens is 1. The average molecular weight is 420 g/mol. The molecule has 0 radical (unpaired) electrons. The van der Waals surface area contributed by atoms with E-state index in [9.17, 15) is 9.59 Å². The number of aryl methyl sites for hydroxylation is 1. The van der Waals surface area contributed by atoms with Crippen molar-refractivity contribution >= 4 is 28.5 Å². The van der Waals surface area contributed by atoms with E-state index in [4.69, 9.17) is 20.4 Å². The lowest BCUT2D eigenvalue weighted by Gasteiger charge is -2.24. The number of amides is 1. The number of fused-ring (bicyclic) bond motifs is 2. The fourth-order valence-corrected chi connectivity index (χ4v) is 4.18. The van der Waals surface area contributed by atoms with Crippen LogP contribution in [0.4, 0.5) is 0 Å². The van der Waals surface area contributed by atoms with Crippen molar-refractivity contribution in [2.75, 3.05) is 0 Å². The molecule has 30 heavy (non-hydrogen) atoms. The lowest BCUT2D eigenvalue weighted by molar-refractivity contribution is 0.0701. The van der Waals surface area contributed by atoms with Crippen molar-refractivity contribution in [2.24, 2.45) is 0 Å². The Hall–Kier alpha value is -3.31. The molecule has 1 unspecified atom stereocenters. The van der Waals surface area contributed by atoms with Gasteiger partial charge in [0, 0.05) is 5.02 Å². The first kappa shape index (κ1) is 18.7. The number of benzene rings is 2. The van der Waals surface area contributed by atoms with Gasteiger partial charge in [-0.3, -0.25) is 9.59 Å². The molecule has 1 amide bonds. The Balaban J connectivity index is 1.73. The predicted octanol–water partition coefficient (Wildman–Crippen LogP) is 5.35. The third-order valence-corrected chi connectivity index (χ3v) is 5.77. The van der Waals surface area contributed by atoms with Gasteiger partial charge in [0.2, 0.25) is 5.76 Å². The van der Waals surface area contributed by atoms with Crippen molar-refractivity contribution < 1.29 is 13.6 Å². The first-order valence-electron chi connectivity index (χ1n) is 9.75. The Morgan fingerprint density at radius 3 is 2.57 bits per heavy atom. The minimum atomic E-state index is -0.567. The third kappa shape index (κ3) is 2.94. The van der Waals surface area contributed by atoms with Gasteiger partial charge in [0.05, 0.1) is 29.8 Å². The van der Waals surface area contributed by atoms with Crippen LogP contribution in [0.25, 0.3) is 11.0 Å². The number of furan rings is 1. The molecule has 0 saturated carbocycles. The first-order valence-corrected chi connectivity index (χ1v) is 10.1. The molecule has 1 aliphatic heterocycles. The van der Waals surface area contributed by atoms with Gasteiger partial charge in [0.25, 0.3) is 5.91 Å². The summed E-state index contributed by atoms with van der Waals surface area (Å²) < 4.78 is 11.4. The third-order valence-electron chi connectivity index (χ3n) is 5.54. The molecule has 3 heterocycles. The van der Waals surface area contributed by atoms with Crippen molar-refractivity contribution in [3.05, 3.63) is 104 Å². The summed E-state index contributed by atoms with van der Waals surface area (Å²) in [6.07, 6.45) is 2.47. The lowest BCUT2D eigenvalue weighted by Crippen LogP contribution is -2.29. The van der Waals surface area contributed by atoms with Gasteiger partial charge in [-0.1, -0.05) is 42.8 Å². The van der Waals surface area contributed by atoms with E-state index in [1.165, 1.54) is 5.56 Å². The smallest absolute Gasteiger partial charge is 0.291 e. The highest BCUT2D eigenvalue weighted by Gasteiger charge is 2.43. The summed E-state index contributed by atoms with van der Waals surface area (Å²) in [5.74, 6) is 0.372. The standard InChI is InChI=1S/C24H18ClNO4/c1-2-14-5-7-15(8-6-14)21-20-22(27)18-12-16(25)9-10-19(18)30-23(20)24(28)26(21)13-17-4-3-11-29-17/h3-12,21H,2,13H2,1H3. The van der Waals surface area contributed by atoms with Gasteiger partial charge < -0.3 is 13.7 Å². The molecule has 1 aliphatic rings. The van der Waals surface area contributed by atoms with Crippen LogP contribution in [0.1, 0.15) is 46.0 Å². The van der Waals surface area contributed by atoms with Gasteiger partial charge in [0.1, 0.15) is 11.3 Å². The van der Waals surface area contributed by atoms with Crippen LogP contribution in [0.3, 0.4) is 0 Å². The summed E-state index contributed by atoms with van der Waals surface area (Å²) in [6.45, 7) is 2.31. The Labute approximate surface area is 177 Å². The maximum atomic E-state index is 13.5. The lowest BCUT2D eigenvalue weighted by atomic mass is 9.97. The van der Waals surface area contributed by atoms with E-state index in [0.717, 1.165) is 12.0 Å². The molecule has 6 heteroatoms. The minimum Gasteiger partial charge on any atom is -0.467 e. The highest BCUT2D eigenvalue weighted by molar-refractivity contribution is 6.31. The zero-order chi connectivity index (χ0) is 20.8. The van der Waals surface area contributed by atoms with Crippen LogP contribution in [0.15, 0.2) is 74.5 Å². The zero-order valence-electron chi connectivity index (χ0n) is 16.2. The second-order valence-corrected chi connectivity index (χ2v) is 7.76. The number of carbonyl (C=O) groups excluding carboxylic acids is 1. The maximum absolute atomic E-state index is 13.5. The van der Waals surface area contributed by atoms with Crippen LogP contribution >= 0.6 is 11.6 Å². The topological polar surface area (TPSA) is 63.7 Å². The van der Waals surface area contributed by atoms with Gasteiger partial charge in [-0.05, 0) is 47.9 Å². The summed E-state index contributed by atoms with van der Waals surface area (Å²) in [4.78, 5) is 28.4. The largest absolute Gasteiger partial charge is 0.467 e. The highest BCUT2D eigenvalue weighted by atomic mass is 35.5. The second kappa shape index (κ2) is 7.18. The van der Waals surface area contributed by atoms with Crippen LogP contribution in [0.2, 0.25) is 5.02 Å². The summed E-state index contributed by atoms with van der Waals surface area (Å²) in [5, 5.41) is 0.805. The highest BCUT2D eigenvalue weighted by Crippen LogP contribution is 2.39. The fourth-order valence-electron chi connectivity index (χ4n) is 4.01. The van der Waals surface area contributed by atoms with Crippen molar-refractivity contribution in [3.63, 3.8) is 0 Å². The monoisotopic (exact) mass is 419 g/mol. The molecular weight excluding hydrogens is 402 g/mol. The summed E-state index contributed by atoms with van der Waals surface area (Å²) in [6, 6.07) is 15.8. The van der Waals surface area contributed by atoms with E-state index in [1.54, 1.807) is 41.5 Å². The Kier molecular flexibility index (Phi) is 4.48. The van der Waals surface area contributed by atoms with E-state index in [0.29, 0.717) is 27.3 Å². The molecule has 0 bridgehead atoms. The molecular formula is C24H18ClNO4. The number of rotatable bonds is 4. The molecule has 4 aromatic rings. The van der Waals surface area contributed by atoms with Gasteiger partial charge in [-0.25, -0.2) is 0 Å². The number of hydrogen-bond donors (Lipinski definition) is 0. The Bertz CT molecular complexity index is 1310. The van der Waals surface area contributed by atoms with Crippen molar-refractivity contribution in [1.29, 1.82) is 0 Å². The number of hydrogen-bond acceptors (Lipinski definition) is 4. The molecule has 0 spiro atoms. The van der Waals surface area contributed by atoms with E-state index >= 15 is 0 Å². The van der Waals surface area contributed by atoms with Crippen LogP contribution in [0.5, 0.6) is 0 Å². The average Bonchev–Trinajstić information content (AvgIpc) is 3.37. The molecule has 2 aromatic heterocycles. The van der Waals surface area contributed by atoms with Crippen molar-refractivity contribution in [2.45, 2.75) is 25.9 Å². The van der Waals surface area contributed by atoms with Crippen LogP contribution in [-0.2, 0) is 13.0 Å². The molecule has 150 valence electrons. The fraction of sp³-hybridized carbons (Fsp3) is 0.167. The molecule has 1 atom stereocenters. The molecule has 0 saturated heterocycles. The van der Waals surface area contributed by atoms with Crippen molar-refractivity contribution in [3.8, 4) is 0 Å². The Morgan fingerprint density at radius 1 is 1.07 bits per heavy atom. The summed E-state index contributed by atoms with van der Waals surface area (Å²) >= 11 is 6.11. The van der Waals surface area contributed by atoms with Gasteiger partial charge in [-0.2, -0.15) is 0 Å². The molecule has 0 N–H and O–H groups in total. The quantitative estimate of drug-likeness (QED) is 0.447. The van der Waals surface area contributed by atoms with Crippen molar-refractivity contribution in [1.82, 2.24) is 4.90 Å². The summed E-state index contributed by atoms with van der Waals surface area (Å²) in [5.41, 5.74) is 2.47. The normalized spacial score (nSPS) is 15.7. The molecule has 5 nitrogen and oxygen atoms in total. The summed E-state index contributed by atoms with van der Waals surface area (Å²) in [7, 11) is 0. The predicted molar refractivity (Wildman–Crippen MR) is 114 cm³/mol. The molecule has 0 aliphatic carbocycles. The van der Waals surface area contributed by atoms with Gasteiger partial charge in [0.15, 0.2) is 5.43 Å². The number of nitrogens with zero attached hydrogens (tertiary/aromatic N) is 1. The van der Waals surface area contributed by atoms with E-state index in [2.05, 4.69) is 6.92 Å². The number of carbonyl (C=O) groups is 1. The van der Waals surface area contributed by atoms with E-state index < -0.39 is 6.04 Å². The van der Waals surface area contributed by atoms with Crippen LogP contribution in [-0.4, -0.2) is 10.8 Å². The van der Waals surface area contributed by atoms with Crippen LogP contribution in [0, 0.1) is 0 Å². The maximum Gasteiger partial charge on any atom is 0.291 e.